The number of amides is 3. The number of imidazole rings is 1. The molecule has 3 aromatic rings. The fourth-order valence-electron chi connectivity index (χ4n) is 4.52. The first kappa shape index (κ1) is 21.6. The number of urea groups is 1. The van der Waals surface area contributed by atoms with Crippen LogP contribution in [0.2, 0.25) is 0 Å². The number of aliphatic imine (C=N–C) groups is 1. The highest BCUT2D eigenvalue weighted by molar-refractivity contribution is 6.01. The van der Waals surface area contributed by atoms with E-state index in [0.29, 0.717) is 24.3 Å². The van der Waals surface area contributed by atoms with Crippen molar-refractivity contribution in [3.8, 4) is 0 Å². The quantitative estimate of drug-likeness (QED) is 0.516. The number of aromatic nitrogens is 4. The summed E-state index contributed by atoms with van der Waals surface area (Å²) in [6.07, 6.45) is 2.66. The van der Waals surface area contributed by atoms with Crippen molar-refractivity contribution in [2.45, 2.75) is 25.3 Å². The van der Waals surface area contributed by atoms with Gasteiger partial charge in [0.05, 0.1) is 12.7 Å². The summed E-state index contributed by atoms with van der Waals surface area (Å²) >= 11 is 0. The van der Waals surface area contributed by atoms with Crippen molar-refractivity contribution >= 4 is 29.4 Å². The summed E-state index contributed by atoms with van der Waals surface area (Å²) in [7, 11) is 6.16. The Morgan fingerprint density at radius 2 is 1.53 bits per heavy atom. The Morgan fingerprint density at radius 3 is 2.21 bits per heavy atom. The maximum absolute atomic E-state index is 12.7. The van der Waals surface area contributed by atoms with E-state index in [1.54, 1.807) is 31.3 Å². The van der Waals surface area contributed by atoms with Crippen molar-refractivity contribution < 1.29 is 9.59 Å². The Balaban J connectivity index is 1.35. The molecule has 1 fully saturated rings. The van der Waals surface area contributed by atoms with Crippen molar-refractivity contribution in [2.24, 2.45) is 19.1 Å². The van der Waals surface area contributed by atoms with Crippen LogP contribution in [0.25, 0.3) is 11.2 Å². The van der Waals surface area contributed by atoms with Gasteiger partial charge in [0, 0.05) is 41.3 Å². The molecule has 3 amide bonds. The lowest BCUT2D eigenvalue weighted by atomic mass is 10.1. The van der Waals surface area contributed by atoms with Gasteiger partial charge in [0.25, 0.3) is 11.5 Å². The smallest absolute Gasteiger partial charge is 0.332 e. The molecule has 0 N–H and O–H groups in total. The Labute approximate surface area is 193 Å². The van der Waals surface area contributed by atoms with Crippen molar-refractivity contribution in [3.05, 3.63) is 62.6 Å². The topological polar surface area (TPSA) is 118 Å². The van der Waals surface area contributed by atoms with Gasteiger partial charge < -0.3 is 14.4 Å². The molecule has 176 valence electrons. The summed E-state index contributed by atoms with van der Waals surface area (Å²) < 4.78 is 4.16. The lowest BCUT2D eigenvalue weighted by Gasteiger charge is -2.39. The summed E-state index contributed by atoms with van der Waals surface area (Å²) in [4.78, 5) is 62.7. The molecule has 34 heavy (non-hydrogen) atoms. The van der Waals surface area contributed by atoms with E-state index >= 15 is 0 Å². The van der Waals surface area contributed by atoms with Crippen LogP contribution in [0.3, 0.4) is 0 Å². The maximum atomic E-state index is 12.7. The third-order valence-electron chi connectivity index (χ3n) is 6.53. The summed E-state index contributed by atoms with van der Waals surface area (Å²) in [6, 6.07) is 6.89. The fourth-order valence-corrected chi connectivity index (χ4v) is 4.52. The maximum Gasteiger partial charge on any atom is 0.332 e. The highest BCUT2D eigenvalue weighted by Gasteiger charge is 2.48. The van der Waals surface area contributed by atoms with Gasteiger partial charge in [-0.3, -0.25) is 23.6 Å². The molecule has 4 heterocycles. The van der Waals surface area contributed by atoms with Crippen LogP contribution < -0.4 is 11.2 Å². The SMILES string of the molecule is CN1C(=O)C2C(N=CN2Cc2ccc(Cn3cnc4c3c(=O)n(C)c(=O)n4C)cc2)N(C)C1=O. The van der Waals surface area contributed by atoms with Gasteiger partial charge in [0.1, 0.15) is 0 Å². The van der Waals surface area contributed by atoms with E-state index in [2.05, 4.69) is 9.98 Å². The van der Waals surface area contributed by atoms with E-state index < -0.39 is 17.9 Å². The van der Waals surface area contributed by atoms with Gasteiger partial charge in [-0.25, -0.2) is 19.6 Å². The molecule has 2 aromatic heterocycles. The van der Waals surface area contributed by atoms with Crippen molar-refractivity contribution in [1.29, 1.82) is 0 Å². The van der Waals surface area contributed by atoms with Crippen LogP contribution in [0.5, 0.6) is 0 Å². The molecule has 0 bridgehead atoms. The molecule has 2 aliphatic rings. The van der Waals surface area contributed by atoms with Crippen LogP contribution in [0, 0.1) is 0 Å². The van der Waals surface area contributed by atoms with Gasteiger partial charge in [0.15, 0.2) is 23.4 Å². The minimum Gasteiger partial charge on any atom is -0.343 e. The van der Waals surface area contributed by atoms with E-state index in [9.17, 15) is 19.2 Å². The second-order valence-electron chi connectivity index (χ2n) is 8.65. The van der Waals surface area contributed by atoms with Gasteiger partial charge in [-0.05, 0) is 11.1 Å². The van der Waals surface area contributed by atoms with Crippen LogP contribution in [0.15, 0.2) is 45.2 Å². The largest absolute Gasteiger partial charge is 0.343 e. The average molecular weight is 464 g/mol. The normalized spacial score (nSPS) is 20.1. The number of imide groups is 1. The van der Waals surface area contributed by atoms with Crippen LogP contribution in [0.4, 0.5) is 4.79 Å². The first-order valence-corrected chi connectivity index (χ1v) is 10.7. The molecular weight excluding hydrogens is 440 g/mol. The predicted octanol–water partition coefficient (Wildman–Crippen LogP) is -0.456. The number of likely N-dealkylation sites (N-methyl/N-ethyl adjacent to an activating group) is 2. The second-order valence-corrected chi connectivity index (χ2v) is 8.65. The Hall–Kier alpha value is -4.22. The average Bonchev–Trinajstić information content (AvgIpc) is 3.44. The predicted molar refractivity (Wildman–Crippen MR) is 123 cm³/mol. The molecule has 0 spiro atoms. The van der Waals surface area contributed by atoms with Crippen LogP contribution in [-0.4, -0.2) is 78.0 Å². The number of hydrogen-bond acceptors (Lipinski definition) is 7. The van der Waals surface area contributed by atoms with Gasteiger partial charge in [-0.1, -0.05) is 24.3 Å². The standard InChI is InChI=1S/C22H24N8O4/c1-25-17-15(19(31)27(3)21(25)33)29(11-23-17)9-13-5-7-14(8-6-13)10-30-12-24-18-16(30)20(32)28(4)22(34)26(18)2/h5-8,11-12,15,17H,9-10H2,1-4H3. The van der Waals surface area contributed by atoms with Gasteiger partial charge in [0.2, 0.25) is 0 Å². The second kappa shape index (κ2) is 7.68. The third-order valence-corrected chi connectivity index (χ3v) is 6.53. The third kappa shape index (κ3) is 3.13. The molecule has 5 rings (SSSR count). The zero-order chi connectivity index (χ0) is 24.3. The number of fused-ring (bicyclic) bond motifs is 2. The molecule has 1 saturated heterocycles. The van der Waals surface area contributed by atoms with E-state index in [0.717, 1.165) is 20.6 Å². The number of carbonyl (C=O) groups is 2. The summed E-state index contributed by atoms with van der Waals surface area (Å²) in [5.74, 6) is -0.273. The minimum atomic E-state index is -0.549. The minimum absolute atomic E-state index is 0.273. The number of benzene rings is 1. The van der Waals surface area contributed by atoms with E-state index in [1.165, 1.54) is 23.6 Å². The van der Waals surface area contributed by atoms with Gasteiger partial charge >= 0.3 is 11.7 Å². The highest BCUT2D eigenvalue weighted by Crippen LogP contribution is 2.26. The first-order chi connectivity index (χ1) is 16.2. The van der Waals surface area contributed by atoms with E-state index in [4.69, 9.17) is 0 Å². The first-order valence-electron chi connectivity index (χ1n) is 10.7. The zero-order valence-corrected chi connectivity index (χ0v) is 19.2. The van der Waals surface area contributed by atoms with Crippen molar-refractivity contribution in [3.63, 3.8) is 0 Å². The lowest BCUT2D eigenvalue weighted by molar-refractivity contribution is -0.136. The number of hydrogen-bond donors (Lipinski definition) is 0. The van der Waals surface area contributed by atoms with E-state index in [-0.39, 0.29) is 17.5 Å². The molecule has 0 aliphatic carbocycles. The molecule has 2 unspecified atom stereocenters. The molecule has 0 saturated carbocycles. The van der Waals surface area contributed by atoms with E-state index in [1.807, 2.05) is 29.2 Å². The Bertz CT molecular complexity index is 1470. The van der Waals surface area contributed by atoms with Crippen LogP contribution >= 0.6 is 0 Å². The van der Waals surface area contributed by atoms with Crippen LogP contribution in [-0.2, 0) is 32.0 Å². The molecule has 12 nitrogen and oxygen atoms in total. The fraction of sp³-hybridized carbons (Fsp3) is 0.364. The number of nitrogens with zero attached hydrogens (tertiary/aromatic N) is 8. The zero-order valence-electron chi connectivity index (χ0n) is 19.2. The highest BCUT2D eigenvalue weighted by atomic mass is 16.2. The summed E-state index contributed by atoms with van der Waals surface area (Å²) in [5.41, 5.74) is 1.83. The van der Waals surface area contributed by atoms with Crippen LogP contribution in [0.1, 0.15) is 11.1 Å². The Morgan fingerprint density at radius 1 is 0.882 bits per heavy atom. The monoisotopic (exact) mass is 464 g/mol. The van der Waals surface area contributed by atoms with Gasteiger partial charge in [-0.2, -0.15) is 0 Å². The number of rotatable bonds is 4. The summed E-state index contributed by atoms with van der Waals surface area (Å²) in [5, 5.41) is 0. The molecule has 0 radical (unpaired) electrons. The van der Waals surface area contributed by atoms with Crippen molar-refractivity contribution in [1.82, 2.24) is 33.4 Å². The number of carbonyl (C=O) groups excluding carboxylic acids is 2. The number of aryl methyl sites for hydroxylation is 1. The molecule has 12 heteroatoms. The van der Waals surface area contributed by atoms with Crippen molar-refractivity contribution in [2.75, 3.05) is 14.1 Å². The van der Waals surface area contributed by atoms with Gasteiger partial charge in [-0.15, -0.1) is 0 Å². The molecule has 2 atom stereocenters. The molecular formula is C22H24N8O4. The Kier molecular flexibility index (Phi) is 4.88. The summed E-state index contributed by atoms with van der Waals surface area (Å²) in [6.45, 7) is 0.875. The molecule has 2 aliphatic heterocycles. The lowest BCUT2D eigenvalue weighted by Crippen LogP contribution is -2.63. The molecule has 1 aromatic carbocycles.